The lowest BCUT2D eigenvalue weighted by Crippen LogP contribution is -1.94. The lowest BCUT2D eigenvalue weighted by atomic mass is 10.3. The van der Waals surface area contributed by atoms with Gasteiger partial charge < -0.3 is 5.11 Å². The summed E-state index contributed by atoms with van der Waals surface area (Å²) in [6.07, 6.45) is 0. The molecule has 0 aliphatic carbocycles. The smallest absolute Gasteiger partial charge is 0.234 e. The summed E-state index contributed by atoms with van der Waals surface area (Å²) in [5, 5.41) is 9.11. The number of rotatable bonds is 3. The minimum absolute atomic E-state index is 0.117. The van der Waals surface area contributed by atoms with E-state index >= 15 is 0 Å². The van der Waals surface area contributed by atoms with Crippen LogP contribution in [0.25, 0.3) is 0 Å². The minimum Gasteiger partial charge on any atom is -0.508 e. The average molecular weight is 266 g/mol. The van der Waals surface area contributed by atoms with E-state index in [9.17, 15) is 8.42 Å². The first-order chi connectivity index (χ1) is 8.08. The topological polar surface area (TPSA) is 54.4 Å². The highest BCUT2D eigenvalue weighted by Crippen LogP contribution is 2.31. The second-order valence-corrected chi connectivity index (χ2v) is 7.18. The first-order valence-corrected chi connectivity index (χ1v) is 7.68. The molecule has 0 aromatic heterocycles. The van der Waals surface area contributed by atoms with Crippen molar-refractivity contribution < 1.29 is 13.5 Å². The summed E-state index contributed by atoms with van der Waals surface area (Å²) in [5.74, 6) is 0.117. The van der Waals surface area contributed by atoms with Gasteiger partial charge in [-0.25, -0.2) is 8.42 Å². The van der Waals surface area contributed by atoms with Gasteiger partial charge >= 0.3 is 0 Å². The lowest BCUT2D eigenvalue weighted by molar-refractivity contribution is 0.475. The zero-order valence-corrected chi connectivity index (χ0v) is 10.4. The van der Waals surface area contributed by atoms with E-state index < -0.39 is 8.87 Å². The second kappa shape index (κ2) is 4.81. The average Bonchev–Trinajstić information content (AvgIpc) is 2.33. The third kappa shape index (κ3) is 3.01. The Kier molecular flexibility index (Phi) is 3.40. The molecule has 0 heterocycles. The molecule has 0 fully saturated rings. The van der Waals surface area contributed by atoms with Crippen molar-refractivity contribution in [1.29, 1.82) is 0 Å². The van der Waals surface area contributed by atoms with Crippen molar-refractivity contribution >= 4 is 19.7 Å². The second-order valence-electron chi connectivity index (χ2n) is 3.34. The predicted molar refractivity (Wildman–Crippen MR) is 67.6 cm³/mol. The molecule has 0 atom stereocenters. The first-order valence-electron chi connectivity index (χ1n) is 4.86. The highest BCUT2D eigenvalue weighted by Gasteiger charge is 2.15. The van der Waals surface area contributed by atoms with Crippen LogP contribution in [0, 0.1) is 0 Å². The van der Waals surface area contributed by atoms with Crippen LogP contribution >= 0.6 is 10.8 Å². The fourth-order valence-corrected chi connectivity index (χ4v) is 4.07. The monoisotopic (exact) mass is 266 g/mol. The molecular weight excluding hydrogens is 256 g/mol. The Morgan fingerprint density at radius 2 is 1.47 bits per heavy atom. The van der Waals surface area contributed by atoms with Crippen molar-refractivity contribution in [3.63, 3.8) is 0 Å². The van der Waals surface area contributed by atoms with Gasteiger partial charge in [0.25, 0.3) is 0 Å². The summed E-state index contributed by atoms with van der Waals surface area (Å²) in [6.45, 7) is 0. The normalized spacial score (nSPS) is 11.3. The van der Waals surface area contributed by atoms with E-state index in [1.807, 2.05) is 0 Å². The summed E-state index contributed by atoms with van der Waals surface area (Å²) in [5.41, 5.74) is 0. The van der Waals surface area contributed by atoms with Gasteiger partial charge in [0, 0.05) is 15.7 Å². The molecule has 2 aromatic rings. The Labute approximate surface area is 103 Å². The first kappa shape index (κ1) is 12.0. The minimum atomic E-state index is -3.39. The molecule has 2 aromatic carbocycles. The fraction of sp³-hybridized carbons (Fsp3) is 0. The standard InChI is InChI=1S/C12H10O3S2/c13-10-6-8-11(9-7-10)16-17(14,15)12-4-2-1-3-5-12/h1-9,13H. The Morgan fingerprint density at radius 3 is 2.06 bits per heavy atom. The molecule has 5 heteroatoms. The summed E-state index contributed by atoms with van der Waals surface area (Å²) >= 11 is 0. The SMILES string of the molecule is O=S(=O)(Sc1ccc(O)cc1)c1ccccc1. The van der Waals surface area contributed by atoms with Crippen molar-refractivity contribution in [2.45, 2.75) is 9.79 Å². The molecular formula is C12H10O3S2. The molecule has 0 saturated heterocycles. The van der Waals surface area contributed by atoms with Gasteiger partial charge in [-0.05, 0) is 36.4 Å². The van der Waals surface area contributed by atoms with Gasteiger partial charge in [0.2, 0.25) is 8.87 Å². The van der Waals surface area contributed by atoms with E-state index in [-0.39, 0.29) is 10.6 Å². The molecule has 0 radical (unpaired) electrons. The van der Waals surface area contributed by atoms with Crippen molar-refractivity contribution in [3.8, 4) is 5.75 Å². The summed E-state index contributed by atoms with van der Waals surface area (Å²) < 4.78 is 24.0. The van der Waals surface area contributed by atoms with Crippen LogP contribution in [0.3, 0.4) is 0 Å². The zero-order valence-electron chi connectivity index (χ0n) is 8.78. The van der Waals surface area contributed by atoms with Gasteiger partial charge in [0.15, 0.2) is 0 Å². The van der Waals surface area contributed by atoms with E-state index in [0.29, 0.717) is 4.90 Å². The summed E-state index contributed by atoms with van der Waals surface area (Å²) in [4.78, 5) is 0.852. The Morgan fingerprint density at radius 1 is 0.882 bits per heavy atom. The molecule has 0 amide bonds. The Balaban J connectivity index is 2.27. The van der Waals surface area contributed by atoms with Gasteiger partial charge in [-0.1, -0.05) is 18.2 Å². The molecule has 17 heavy (non-hydrogen) atoms. The van der Waals surface area contributed by atoms with Gasteiger partial charge in [-0.15, -0.1) is 0 Å². The third-order valence-electron chi connectivity index (χ3n) is 2.07. The molecule has 0 aliphatic heterocycles. The predicted octanol–water partition coefficient (Wildman–Crippen LogP) is 2.87. The maximum atomic E-state index is 12.0. The number of hydrogen-bond acceptors (Lipinski definition) is 4. The number of aromatic hydroxyl groups is 1. The molecule has 2 rings (SSSR count). The van der Waals surface area contributed by atoms with Crippen LogP contribution in [0.15, 0.2) is 64.4 Å². The van der Waals surface area contributed by atoms with Gasteiger partial charge in [-0.3, -0.25) is 0 Å². The van der Waals surface area contributed by atoms with Gasteiger partial charge in [0.05, 0.1) is 4.90 Å². The fourth-order valence-electron chi connectivity index (χ4n) is 1.26. The van der Waals surface area contributed by atoms with Crippen molar-refractivity contribution in [2.24, 2.45) is 0 Å². The lowest BCUT2D eigenvalue weighted by Gasteiger charge is -2.03. The number of benzene rings is 2. The number of phenols is 1. The van der Waals surface area contributed by atoms with E-state index in [0.717, 1.165) is 10.8 Å². The highest BCUT2D eigenvalue weighted by atomic mass is 33.1. The molecule has 3 nitrogen and oxygen atoms in total. The molecule has 0 unspecified atom stereocenters. The zero-order chi connectivity index (χ0) is 12.3. The van der Waals surface area contributed by atoms with E-state index in [1.54, 1.807) is 42.5 Å². The van der Waals surface area contributed by atoms with Crippen molar-refractivity contribution in [3.05, 3.63) is 54.6 Å². The van der Waals surface area contributed by atoms with E-state index in [1.165, 1.54) is 12.1 Å². The molecule has 1 N–H and O–H groups in total. The van der Waals surface area contributed by atoms with Crippen molar-refractivity contribution in [2.75, 3.05) is 0 Å². The molecule has 0 aliphatic rings. The number of phenolic OH excluding ortho intramolecular Hbond substituents is 1. The van der Waals surface area contributed by atoms with Crippen LogP contribution in [0.5, 0.6) is 5.75 Å². The maximum Gasteiger partial charge on any atom is 0.234 e. The van der Waals surface area contributed by atoms with Gasteiger partial charge in [-0.2, -0.15) is 0 Å². The van der Waals surface area contributed by atoms with Crippen molar-refractivity contribution in [1.82, 2.24) is 0 Å². The maximum absolute atomic E-state index is 12.0. The van der Waals surface area contributed by atoms with E-state index in [2.05, 4.69) is 0 Å². The Hall–Kier alpha value is -1.46. The van der Waals surface area contributed by atoms with Crippen LogP contribution in [-0.4, -0.2) is 13.5 Å². The molecule has 0 spiro atoms. The number of hydrogen-bond donors (Lipinski definition) is 1. The van der Waals surface area contributed by atoms with E-state index in [4.69, 9.17) is 5.11 Å². The summed E-state index contributed by atoms with van der Waals surface area (Å²) in [6, 6.07) is 14.3. The van der Waals surface area contributed by atoms with Crippen LogP contribution in [0.4, 0.5) is 0 Å². The highest BCUT2D eigenvalue weighted by molar-refractivity contribution is 8.72. The Bertz CT molecular complexity index is 589. The quantitative estimate of drug-likeness (QED) is 0.868. The van der Waals surface area contributed by atoms with Gasteiger partial charge in [0.1, 0.15) is 5.75 Å². The largest absolute Gasteiger partial charge is 0.508 e. The van der Waals surface area contributed by atoms with Crippen LogP contribution in [0.1, 0.15) is 0 Å². The molecule has 88 valence electrons. The van der Waals surface area contributed by atoms with Crippen LogP contribution in [-0.2, 0) is 8.87 Å². The molecule has 0 bridgehead atoms. The molecule has 0 saturated carbocycles. The third-order valence-corrected chi connectivity index (χ3v) is 5.42. The summed E-state index contributed by atoms with van der Waals surface area (Å²) in [7, 11) is -2.62. The van der Waals surface area contributed by atoms with Crippen LogP contribution in [0.2, 0.25) is 0 Å². The van der Waals surface area contributed by atoms with Crippen LogP contribution < -0.4 is 0 Å².